The Bertz CT molecular complexity index is 678. The molecule has 112 valence electrons. The third-order valence-electron chi connectivity index (χ3n) is 3.59. The van der Waals surface area contributed by atoms with E-state index in [1.165, 1.54) is 16.2 Å². The fourth-order valence-corrected chi connectivity index (χ4v) is 3.81. The van der Waals surface area contributed by atoms with Crippen molar-refractivity contribution in [1.82, 2.24) is 9.78 Å². The molecule has 0 fully saturated rings. The molecule has 0 aliphatic carbocycles. The Hall–Kier alpha value is -2.00. The first-order valence-corrected chi connectivity index (χ1v) is 8.39. The molecule has 1 heterocycles. The Balaban J connectivity index is 1.90. The van der Waals surface area contributed by atoms with E-state index >= 15 is 0 Å². The van der Waals surface area contributed by atoms with Gasteiger partial charge in [0.2, 0.25) is 0 Å². The fraction of sp³-hybridized carbons (Fsp3) is 0.211. The Morgan fingerprint density at radius 1 is 0.955 bits per heavy atom. The van der Waals surface area contributed by atoms with E-state index in [0.29, 0.717) is 0 Å². The zero-order chi connectivity index (χ0) is 15.4. The van der Waals surface area contributed by atoms with Crippen LogP contribution in [0.15, 0.2) is 71.6 Å². The molecule has 0 aliphatic rings. The number of rotatable bonds is 5. The summed E-state index contributed by atoms with van der Waals surface area (Å²) in [5.41, 5.74) is 3.62. The molecule has 3 rings (SSSR count). The van der Waals surface area contributed by atoms with Gasteiger partial charge in [0.15, 0.2) is 0 Å². The van der Waals surface area contributed by atoms with Gasteiger partial charge in [-0.05, 0) is 37.6 Å². The predicted molar refractivity (Wildman–Crippen MR) is 93.2 cm³/mol. The highest BCUT2D eigenvalue weighted by Gasteiger charge is 2.16. The van der Waals surface area contributed by atoms with Crippen LogP contribution < -0.4 is 0 Å². The van der Waals surface area contributed by atoms with Crippen LogP contribution in [0.4, 0.5) is 0 Å². The first-order chi connectivity index (χ1) is 10.7. The lowest BCUT2D eigenvalue weighted by molar-refractivity contribution is 0.578. The number of nitrogens with zero attached hydrogens (tertiary/aromatic N) is 2. The molecule has 1 atom stereocenters. The summed E-state index contributed by atoms with van der Waals surface area (Å²) >= 11 is 1.86. The maximum atomic E-state index is 4.70. The summed E-state index contributed by atoms with van der Waals surface area (Å²) in [6, 6.07) is 23.3. The molecular formula is C19H20N2S. The van der Waals surface area contributed by atoms with E-state index in [1.807, 2.05) is 11.8 Å². The van der Waals surface area contributed by atoms with E-state index in [9.17, 15) is 0 Å². The number of aromatic nitrogens is 2. The van der Waals surface area contributed by atoms with E-state index in [0.717, 1.165) is 12.1 Å². The van der Waals surface area contributed by atoms with Gasteiger partial charge in [-0.15, -0.1) is 0 Å². The van der Waals surface area contributed by atoms with Gasteiger partial charge in [-0.25, -0.2) is 0 Å². The average molecular weight is 308 g/mol. The van der Waals surface area contributed by atoms with Crippen molar-refractivity contribution in [2.24, 2.45) is 0 Å². The van der Waals surface area contributed by atoms with Crippen LogP contribution in [-0.2, 0) is 6.42 Å². The lowest BCUT2D eigenvalue weighted by Crippen LogP contribution is -2.12. The van der Waals surface area contributed by atoms with Crippen molar-refractivity contribution in [3.63, 3.8) is 0 Å². The van der Waals surface area contributed by atoms with Crippen LogP contribution in [0.2, 0.25) is 0 Å². The lowest BCUT2D eigenvalue weighted by atomic mass is 10.1. The second kappa shape index (κ2) is 6.84. The quantitative estimate of drug-likeness (QED) is 0.615. The molecule has 22 heavy (non-hydrogen) atoms. The van der Waals surface area contributed by atoms with Crippen LogP contribution in [0.5, 0.6) is 0 Å². The molecule has 1 aromatic heterocycles. The Morgan fingerprint density at radius 2 is 1.59 bits per heavy atom. The minimum absolute atomic E-state index is 0.263. The van der Waals surface area contributed by atoms with Crippen LogP contribution in [0.1, 0.15) is 22.3 Å². The van der Waals surface area contributed by atoms with Gasteiger partial charge >= 0.3 is 0 Å². The number of thioether (sulfide) groups is 1. The Morgan fingerprint density at radius 3 is 2.18 bits per heavy atom. The monoisotopic (exact) mass is 308 g/mol. The summed E-state index contributed by atoms with van der Waals surface area (Å²) in [5, 5.41) is 4.96. The zero-order valence-electron chi connectivity index (χ0n) is 12.9. The van der Waals surface area contributed by atoms with Gasteiger partial charge in [-0.3, -0.25) is 4.68 Å². The molecule has 0 spiro atoms. The van der Waals surface area contributed by atoms with Crippen molar-refractivity contribution in [2.75, 3.05) is 0 Å². The normalized spacial score (nSPS) is 12.3. The molecule has 3 aromatic rings. The standard InChI is InChI=1S/C19H20N2S/c1-15-13-16(2)21(20-15)19(14-17-9-5-3-6-10-17)22-18-11-7-4-8-12-18/h3-13,19H,14H2,1-2H3. The fourth-order valence-electron chi connectivity index (χ4n) is 2.59. The maximum absolute atomic E-state index is 4.70. The summed E-state index contributed by atoms with van der Waals surface area (Å²) in [5.74, 6) is 0. The van der Waals surface area contributed by atoms with E-state index < -0.39 is 0 Å². The molecule has 0 N–H and O–H groups in total. The van der Waals surface area contributed by atoms with Crippen molar-refractivity contribution in [3.8, 4) is 0 Å². The van der Waals surface area contributed by atoms with Gasteiger partial charge in [0.25, 0.3) is 0 Å². The highest BCUT2D eigenvalue weighted by molar-refractivity contribution is 7.99. The van der Waals surface area contributed by atoms with E-state index in [4.69, 9.17) is 5.10 Å². The van der Waals surface area contributed by atoms with Crippen LogP contribution in [0.3, 0.4) is 0 Å². The first-order valence-electron chi connectivity index (χ1n) is 7.51. The molecule has 2 aromatic carbocycles. The SMILES string of the molecule is Cc1cc(C)n(C(Cc2ccccc2)Sc2ccccc2)n1. The molecular weight excluding hydrogens is 288 g/mol. The van der Waals surface area contributed by atoms with Crippen molar-refractivity contribution in [3.05, 3.63) is 83.7 Å². The molecule has 1 unspecified atom stereocenters. The summed E-state index contributed by atoms with van der Waals surface area (Å²) in [4.78, 5) is 1.27. The van der Waals surface area contributed by atoms with Crippen molar-refractivity contribution >= 4 is 11.8 Å². The van der Waals surface area contributed by atoms with Gasteiger partial charge in [0, 0.05) is 17.0 Å². The zero-order valence-corrected chi connectivity index (χ0v) is 13.8. The minimum atomic E-state index is 0.263. The summed E-state index contributed by atoms with van der Waals surface area (Å²) in [6.45, 7) is 4.18. The topological polar surface area (TPSA) is 17.8 Å². The molecule has 0 saturated carbocycles. The highest BCUT2D eigenvalue weighted by Crippen LogP contribution is 2.34. The van der Waals surface area contributed by atoms with Crippen LogP contribution in [-0.4, -0.2) is 9.78 Å². The minimum Gasteiger partial charge on any atom is -0.256 e. The second-order valence-corrected chi connectivity index (χ2v) is 6.70. The lowest BCUT2D eigenvalue weighted by Gasteiger charge is -2.19. The third-order valence-corrected chi connectivity index (χ3v) is 4.77. The van der Waals surface area contributed by atoms with Crippen molar-refractivity contribution in [1.29, 1.82) is 0 Å². The van der Waals surface area contributed by atoms with Crippen molar-refractivity contribution < 1.29 is 0 Å². The molecule has 0 radical (unpaired) electrons. The smallest absolute Gasteiger partial charge is 0.106 e. The molecule has 2 nitrogen and oxygen atoms in total. The summed E-state index contributed by atoms with van der Waals surface area (Å²) in [7, 11) is 0. The number of hydrogen-bond acceptors (Lipinski definition) is 2. The highest BCUT2D eigenvalue weighted by atomic mass is 32.2. The predicted octanol–water partition coefficient (Wildman–Crippen LogP) is 5.03. The largest absolute Gasteiger partial charge is 0.256 e. The van der Waals surface area contributed by atoms with Gasteiger partial charge in [-0.2, -0.15) is 5.10 Å². The second-order valence-electron chi connectivity index (χ2n) is 5.45. The summed E-state index contributed by atoms with van der Waals surface area (Å²) < 4.78 is 2.15. The molecule has 0 saturated heterocycles. The van der Waals surface area contributed by atoms with Gasteiger partial charge in [-0.1, -0.05) is 60.3 Å². The van der Waals surface area contributed by atoms with Gasteiger partial charge in [0.05, 0.1) is 5.69 Å². The molecule has 0 aliphatic heterocycles. The Labute approximate surface area is 136 Å². The van der Waals surface area contributed by atoms with Crippen LogP contribution in [0, 0.1) is 13.8 Å². The van der Waals surface area contributed by atoms with Crippen LogP contribution in [0.25, 0.3) is 0 Å². The number of benzene rings is 2. The summed E-state index contributed by atoms with van der Waals surface area (Å²) in [6.07, 6.45) is 0.961. The van der Waals surface area contributed by atoms with E-state index in [1.54, 1.807) is 0 Å². The first kappa shape index (κ1) is 14.9. The number of hydrogen-bond donors (Lipinski definition) is 0. The maximum Gasteiger partial charge on any atom is 0.106 e. The Kier molecular flexibility index (Phi) is 4.64. The third kappa shape index (κ3) is 3.60. The molecule has 0 bridgehead atoms. The average Bonchev–Trinajstić information content (AvgIpc) is 2.87. The van der Waals surface area contributed by atoms with E-state index in [-0.39, 0.29) is 5.37 Å². The van der Waals surface area contributed by atoms with Gasteiger partial charge < -0.3 is 0 Å². The van der Waals surface area contributed by atoms with Gasteiger partial charge in [0.1, 0.15) is 5.37 Å². The molecule has 0 amide bonds. The number of aryl methyl sites for hydroxylation is 2. The van der Waals surface area contributed by atoms with Crippen molar-refractivity contribution in [2.45, 2.75) is 30.5 Å². The van der Waals surface area contributed by atoms with E-state index in [2.05, 4.69) is 85.3 Å². The van der Waals surface area contributed by atoms with Crippen LogP contribution >= 0.6 is 11.8 Å². The molecule has 3 heteroatoms.